The Morgan fingerprint density at radius 2 is 1.89 bits per heavy atom. The average molecular weight is 384 g/mol. The van der Waals surface area contributed by atoms with Crippen molar-refractivity contribution in [2.75, 3.05) is 32.6 Å². The van der Waals surface area contributed by atoms with Gasteiger partial charge in [-0.15, -0.1) is 11.8 Å². The highest BCUT2D eigenvalue weighted by molar-refractivity contribution is 7.98. The van der Waals surface area contributed by atoms with Crippen LogP contribution in [0.2, 0.25) is 0 Å². The summed E-state index contributed by atoms with van der Waals surface area (Å²) in [4.78, 5) is 16.5. The number of carbonyl (C=O) groups excluding carboxylic acids is 1. The van der Waals surface area contributed by atoms with Crippen LogP contribution in [0.3, 0.4) is 0 Å². The molecular weight excluding hydrogens is 358 g/mol. The molecule has 5 heteroatoms. The van der Waals surface area contributed by atoms with Crippen molar-refractivity contribution in [2.45, 2.75) is 24.3 Å². The smallest absolute Gasteiger partial charge is 0.167 e. The third-order valence-corrected chi connectivity index (χ3v) is 6.01. The molecule has 0 amide bonds. The lowest BCUT2D eigenvalue weighted by atomic mass is 9.90. The standard InChI is InChI=1S/C22H25NO3S/c1-27-19-7-5-17(6-8-19)22(24)18-3-2-10-23(15-18)14-16-4-9-20-21(13-16)26-12-11-25-20/h4-9,13,18H,2-3,10-12,14-15H2,1H3/t18-/m1/s1. The van der Waals surface area contributed by atoms with E-state index in [1.807, 2.05) is 36.6 Å². The number of ketones is 1. The molecule has 1 fully saturated rings. The van der Waals surface area contributed by atoms with E-state index in [1.165, 1.54) is 10.5 Å². The molecular formula is C22H25NO3S. The van der Waals surface area contributed by atoms with Crippen LogP contribution in [0.15, 0.2) is 47.4 Å². The first-order valence-corrected chi connectivity index (χ1v) is 10.7. The highest BCUT2D eigenvalue weighted by Crippen LogP contribution is 2.32. The molecule has 0 aliphatic carbocycles. The number of Topliss-reactive ketones (excluding diaryl/α,β-unsaturated/α-hetero) is 1. The Kier molecular flexibility index (Phi) is 5.69. The van der Waals surface area contributed by atoms with E-state index in [0.29, 0.717) is 13.2 Å². The lowest BCUT2D eigenvalue weighted by molar-refractivity contribution is 0.0811. The summed E-state index contributed by atoms with van der Waals surface area (Å²) >= 11 is 1.70. The molecule has 2 heterocycles. The van der Waals surface area contributed by atoms with Gasteiger partial charge in [-0.3, -0.25) is 9.69 Å². The summed E-state index contributed by atoms with van der Waals surface area (Å²) in [7, 11) is 0. The van der Waals surface area contributed by atoms with E-state index in [2.05, 4.69) is 17.0 Å². The van der Waals surface area contributed by atoms with Gasteiger partial charge in [0, 0.05) is 29.5 Å². The van der Waals surface area contributed by atoms with Crippen LogP contribution in [0.5, 0.6) is 11.5 Å². The molecule has 0 spiro atoms. The minimum absolute atomic E-state index is 0.0797. The number of thioether (sulfide) groups is 1. The number of piperidine rings is 1. The zero-order chi connectivity index (χ0) is 18.6. The zero-order valence-electron chi connectivity index (χ0n) is 15.6. The molecule has 0 bridgehead atoms. The van der Waals surface area contributed by atoms with Crippen molar-refractivity contribution in [3.8, 4) is 11.5 Å². The van der Waals surface area contributed by atoms with Crippen molar-refractivity contribution in [2.24, 2.45) is 5.92 Å². The van der Waals surface area contributed by atoms with Crippen molar-refractivity contribution in [3.05, 3.63) is 53.6 Å². The number of hydrogen-bond donors (Lipinski definition) is 0. The summed E-state index contributed by atoms with van der Waals surface area (Å²) in [6, 6.07) is 14.2. The minimum atomic E-state index is 0.0797. The Morgan fingerprint density at radius 3 is 2.67 bits per heavy atom. The van der Waals surface area contributed by atoms with E-state index in [9.17, 15) is 4.79 Å². The Balaban J connectivity index is 1.41. The highest BCUT2D eigenvalue weighted by atomic mass is 32.2. The van der Waals surface area contributed by atoms with Gasteiger partial charge in [-0.25, -0.2) is 0 Å². The number of nitrogens with zero attached hydrogens (tertiary/aromatic N) is 1. The van der Waals surface area contributed by atoms with Crippen LogP contribution in [0.25, 0.3) is 0 Å². The van der Waals surface area contributed by atoms with Crippen LogP contribution < -0.4 is 9.47 Å². The summed E-state index contributed by atoms with van der Waals surface area (Å²) in [6.07, 6.45) is 4.08. The van der Waals surface area contributed by atoms with E-state index in [0.717, 1.165) is 49.5 Å². The maximum absolute atomic E-state index is 12.9. The number of likely N-dealkylation sites (tertiary alicyclic amines) is 1. The molecule has 2 aliphatic heterocycles. The summed E-state index contributed by atoms with van der Waals surface area (Å²) in [6.45, 7) is 3.90. The average Bonchev–Trinajstić information content (AvgIpc) is 2.73. The van der Waals surface area contributed by atoms with Gasteiger partial charge in [0.2, 0.25) is 0 Å². The number of rotatable bonds is 5. The Bertz CT molecular complexity index is 806. The van der Waals surface area contributed by atoms with Crippen LogP contribution in [-0.2, 0) is 6.54 Å². The van der Waals surface area contributed by atoms with Crippen LogP contribution >= 0.6 is 11.8 Å². The quantitative estimate of drug-likeness (QED) is 0.569. The molecule has 1 saturated heterocycles. The zero-order valence-corrected chi connectivity index (χ0v) is 16.5. The summed E-state index contributed by atoms with van der Waals surface area (Å²) in [5, 5.41) is 0. The molecule has 2 aromatic carbocycles. The maximum Gasteiger partial charge on any atom is 0.167 e. The first kappa shape index (κ1) is 18.4. The molecule has 1 atom stereocenters. The molecule has 27 heavy (non-hydrogen) atoms. The largest absolute Gasteiger partial charge is 0.486 e. The molecule has 2 aromatic rings. The SMILES string of the molecule is CSc1ccc(C(=O)[C@@H]2CCCN(Cc3ccc4c(c3)OCCO4)C2)cc1. The predicted octanol–water partition coefficient (Wildman–Crippen LogP) is 4.27. The van der Waals surface area contributed by atoms with E-state index < -0.39 is 0 Å². The van der Waals surface area contributed by atoms with Crippen molar-refractivity contribution in [1.29, 1.82) is 0 Å². The van der Waals surface area contributed by atoms with Gasteiger partial charge in [-0.1, -0.05) is 18.2 Å². The lowest BCUT2D eigenvalue weighted by Gasteiger charge is -2.32. The van der Waals surface area contributed by atoms with Gasteiger partial charge in [-0.2, -0.15) is 0 Å². The third kappa shape index (κ3) is 4.30. The van der Waals surface area contributed by atoms with Gasteiger partial charge in [0.05, 0.1) is 0 Å². The predicted molar refractivity (Wildman–Crippen MR) is 108 cm³/mol. The summed E-state index contributed by atoms with van der Waals surface area (Å²) in [5.41, 5.74) is 2.04. The molecule has 142 valence electrons. The van der Waals surface area contributed by atoms with Gasteiger partial charge in [0.15, 0.2) is 17.3 Å². The molecule has 2 aliphatic rings. The van der Waals surface area contributed by atoms with E-state index in [-0.39, 0.29) is 11.7 Å². The van der Waals surface area contributed by atoms with E-state index in [4.69, 9.17) is 9.47 Å². The van der Waals surface area contributed by atoms with Gasteiger partial charge in [-0.05, 0) is 55.5 Å². The van der Waals surface area contributed by atoms with Gasteiger partial charge < -0.3 is 9.47 Å². The van der Waals surface area contributed by atoms with Crippen LogP contribution in [-0.4, -0.2) is 43.2 Å². The molecule has 0 aromatic heterocycles. The van der Waals surface area contributed by atoms with Crippen molar-refractivity contribution >= 4 is 17.5 Å². The fraction of sp³-hybridized carbons (Fsp3) is 0.409. The first-order chi connectivity index (χ1) is 13.2. The van der Waals surface area contributed by atoms with Crippen molar-refractivity contribution in [1.82, 2.24) is 4.90 Å². The normalized spacial score (nSPS) is 19.7. The second-order valence-corrected chi connectivity index (χ2v) is 8.02. The first-order valence-electron chi connectivity index (χ1n) is 9.52. The van der Waals surface area contributed by atoms with Gasteiger partial charge in [0.1, 0.15) is 13.2 Å². The van der Waals surface area contributed by atoms with Gasteiger partial charge >= 0.3 is 0 Å². The molecule has 0 N–H and O–H groups in total. The maximum atomic E-state index is 12.9. The van der Waals surface area contributed by atoms with Crippen molar-refractivity contribution in [3.63, 3.8) is 0 Å². The second-order valence-electron chi connectivity index (χ2n) is 7.15. The monoisotopic (exact) mass is 383 g/mol. The van der Waals surface area contributed by atoms with Crippen molar-refractivity contribution < 1.29 is 14.3 Å². The number of benzene rings is 2. The molecule has 4 rings (SSSR count). The number of ether oxygens (including phenoxy) is 2. The number of hydrogen-bond acceptors (Lipinski definition) is 5. The van der Waals surface area contributed by atoms with E-state index in [1.54, 1.807) is 11.8 Å². The summed E-state index contributed by atoms with van der Waals surface area (Å²) in [5.74, 6) is 2.01. The highest BCUT2D eigenvalue weighted by Gasteiger charge is 2.27. The Labute approximate surface area is 164 Å². The second kappa shape index (κ2) is 8.36. The Morgan fingerprint density at radius 1 is 1.11 bits per heavy atom. The molecule has 0 unspecified atom stereocenters. The number of fused-ring (bicyclic) bond motifs is 1. The fourth-order valence-electron chi connectivity index (χ4n) is 3.85. The fourth-order valence-corrected chi connectivity index (χ4v) is 4.26. The molecule has 0 saturated carbocycles. The Hall–Kier alpha value is -1.98. The third-order valence-electron chi connectivity index (χ3n) is 5.26. The topological polar surface area (TPSA) is 38.8 Å². The van der Waals surface area contributed by atoms with E-state index >= 15 is 0 Å². The number of carbonyl (C=O) groups is 1. The summed E-state index contributed by atoms with van der Waals surface area (Å²) < 4.78 is 11.3. The van der Waals surface area contributed by atoms with Crippen LogP contribution in [0.1, 0.15) is 28.8 Å². The van der Waals surface area contributed by atoms with Crippen LogP contribution in [0, 0.1) is 5.92 Å². The molecule has 4 nitrogen and oxygen atoms in total. The lowest BCUT2D eigenvalue weighted by Crippen LogP contribution is -2.38. The van der Waals surface area contributed by atoms with Crippen LogP contribution in [0.4, 0.5) is 0 Å². The van der Waals surface area contributed by atoms with Gasteiger partial charge in [0.25, 0.3) is 0 Å². The molecule has 0 radical (unpaired) electrons. The minimum Gasteiger partial charge on any atom is -0.486 e.